The van der Waals surface area contributed by atoms with Crippen LogP contribution in [-0.4, -0.2) is 25.7 Å². The van der Waals surface area contributed by atoms with Gasteiger partial charge in [0.05, 0.1) is 15.0 Å². The van der Waals surface area contributed by atoms with Crippen LogP contribution in [0.15, 0.2) is 21.5 Å². The van der Waals surface area contributed by atoms with E-state index in [1.807, 2.05) is 0 Å². The van der Waals surface area contributed by atoms with Crippen LogP contribution in [-0.2, 0) is 10.0 Å². The smallest absolute Gasteiger partial charge is 0.240 e. The number of rotatable bonds is 4. The molecule has 0 radical (unpaired) electrons. The molecule has 0 aliphatic carbocycles. The van der Waals surface area contributed by atoms with Crippen LogP contribution in [0.1, 0.15) is 19.4 Å². The molecule has 102 valence electrons. The van der Waals surface area contributed by atoms with E-state index in [0.29, 0.717) is 5.56 Å². The van der Waals surface area contributed by atoms with E-state index in [9.17, 15) is 17.9 Å². The number of hydrogen-bond donors (Lipinski definition) is 2. The topological polar surface area (TPSA) is 66.4 Å². The Morgan fingerprint density at radius 3 is 2.50 bits per heavy atom. The summed E-state index contributed by atoms with van der Waals surface area (Å²) in [6, 6.07) is 2.35. The highest BCUT2D eigenvalue weighted by atomic mass is 79.9. The highest BCUT2D eigenvalue weighted by molar-refractivity contribution is 9.10. The Hall–Kier alpha value is -0.500. The molecule has 0 atom stereocenters. The minimum absolute atomic E-state index is 0.0139. The van der Waals surface area contributed by atoms with Crippen molar-refractivity contribution in [2.45, 2.75) is 31.3 Å². The molecule has 18 heavy (non-hydrogen) atoms. The van der Waals surface area contributed by atoms with Gasteiger partial charge in [0.25, 0.3) is 0 Å². The molecule has 2 N–H and O–H groups in total. The van der Waals surface area contributed by atoms with Crippen molar-refractivity contribution in [1.29, 1.82) is 0 Å². The molecule has 0 aliphatic heterocycles. The molecule has 1 aromatic rings. The number of halogens is 2. The Bertz CT molecular complexity index is 552. The van der Waals surface area contributed by atoms with Crippen molar-refractivity contribution in [2.24, 2.45) is 0 Å². The zero-order chi connectivity index (χ0) is 14.1. The Labute approximate surface area is 114 Å². The van der Waals surface area contributed by atoms with Crippen molar-refractivity contribution >= 4 is 26.0 Å². The van der Waals surface area contributed by atoms with Gasteiger partial charge in [-0.25, -0.2) is 17.5 Å². The van der Waals surface area contributed by atoms with E-state index in [2.05, 4.69) is 20.7 Å². The summed E-state index contributed by atoms with van der Waals surface area (Å²) in [7, 11) is -3.77. The summed E-state index contributed by atoms with van der Waals surface area (Å²) < 4.78 is 39.6. The first-order valence-electron chi connectivity index (χ1n) is 5.20. The van der Waals surface area contributed by atoms with Crippen molar-refractivity contribution in [3.63, 3.8) is 0 Å². The SMILES string of the molecule is Cc1cc(F)c(Br)cc1S(=O)(=O)NCC(C)(C)O. The average Bonchev–Trinajstić information content (AvgIpc) is 2.19. The third-order valence-corrected chi connectivity index (χ3v) is 4.35. The maximum Gasteiger partial charge on any atom is 0.240 e. The van der Waals surface area contributed by atoms with E-state index in [1.54, 1.807) is 0 Å². The number of aryl methyl sites for hydroxylation is 1. The quantitative estimate of drug-likeness (QED) is 0.880. The second-order valence-corrected chi connectivity index (χ2v) is 7.26. The van der Waals surface area contributed by atoms with Gasteiger partial charge in [0.15, 0.2) is 0 Å². The Balaban J connectivity index is 3.10. The molecular weight excluding hydrogens is 325 g/mol. The summed E-state index contributed by atoms with van der Waals surface area (Å²) in [4.78, 5) is -0.0139. The minimum Gasteiger partial charge on any atom is -0.389 e. The molecule has 1 aromatic carbocycles. The van der Waals surface area contributed by atoms with E-state index in [4.69, 9.17) is 0 Å². The lowest BCUT2D eigenvalue weighted by atomic mass is 10.1. The standard InChI is InChI=1S/C11H15BrFNO3S/c1-7-4-9(13)8(12)5-10(7)18(16,17)14-6-11(2,3)15/h4-5,14-15H,6H2,1-3H3. The monoisotopic (exact) mass is 339 g/mol. The number of hydrogen-bond acceptors (Lipinski definition) is 3. The molecule has 1 rings (SSSR count). The van der Waals surface area contributed by atoms with Crippen LogP contribution >= 0.6 is 15.9 Å². The van der Waals surface area contributed by atoms with E-state index < -0.39 is 21.4 Å². The largest absolute Gasteiger partial charge is 0.389 e. The van der Waals surface area contributed by atoms with Crippen LogP contribution in [0.3, 0.4) is 0 Å². The maximum atomic E-state index is 13.2. The summed E-state index contributed by atoms with van der Waals surface area (Å²) in [5, 5.41) is 9.50. The third kappa shape index (κ3) is 4.01. The summed E-state index contributed by atoms with van der Waals surface area (Å²) in [6.07, 6.45) is 0. The predicted molar refractivity (Wildman–Crippen MR) is 70.3 cm³/mol. The Morgan fingerprint density at radius 2 is 2.00 bits per heavy atom. The second-order valence-electron chi connectivity index (χ2n) is 4.67. The summed E-state index contributed by atoms with van der Waals surface area (Å²) in [6.45, 7) is 4.36. The molecule has 0 bridgehead atoms. The summed E-state index contributed by atoms with van der Waals surface area (Å²) >= 11 is 2.95. The first kappa shape index (κ1) is 15.6. The molecule has 7 heteroatoms. The van der Waals surface area contributed by atoms with Crippen LogP contribution in [0.5, 0.6) is 0 Å². The summed E-state index contributed by atoms with van der Waals surface area (Å²) in [5.74, 6) is -0.520. The average molecular weight is 340 g/mol. The highest BCUT2D eigenvalue weighted by Crippen LogP contribution is 2.23. The van der Waals surface area contributed by atoms with E-state index in [0.717, 1.165) is 6.07 Å². The molecule has 0 saturated heterocycles. The normalized spacial score (nSPS) is 12.8. The highest BCUT2D eigenvalue weighted by Gasteiger charge is 2.22. The van der Waals surface area contributed by atoms with Gasteiger partial charge in [0.1, 0.15) is 5.82 Å². The van der Waals surface area contributed by atoms with Gasteiger partial charge >= 0.3 is 0 Å². The molecule has 0 saturated carbocycles. The van der Waals surface area contributed by atoms with Gasteiger partial charge in [-0.2, -0.15) is 0 Å². The molecular formula is C11H15BrFNO3S. The fourth-order valence-corrected chi connectivity index (χ4v) is 3.22. The van der Waals surface area contributed by atoms with Crippen LogP contribution in [0.2, 0.25) is 0 Å². The van der Waals surface area contributed by atoms with Crippen LogP contribution < -0.4 is 4.72 Å². The lowest BCUT2D eigenvalue weighted by Gasteiger charge is -2.18. The van der Waals surface area contributed by atoms with Crippen molar-refractivity contribution < 1.29 is 17.9 Å². The van der Waals surface area contributed by atoms with E-state index >= 15 is 0 Å². The third-order valence-electron chi connectivity index (χ3n) is 2.20. The van der Waals surface area contributed by atoms with Crippen LogP contribution in [0.4, 0.5) is 4.39 Å². The molecule has 0 amide bonds. The van der Waals surface area contributed by atoms with Gasteiger partial charge in [-0.3, -0.25) is 0 Å². The van der Waals surface area contributed by atoms with Crippen LogP contribution in [0, 0.1) is 12.7 Å². The zero-order valence-corrected chi connectivity index (χ0v) is 12.7. The van der Waals surface area contributed by atoms with Crippen molar-refractivity contribution in [2.75, 3.05) is 6.54 Å². The first-order chi connectivity index (χ1) is 8.03. The minimum atomic E-state index is -3.77. The van der Waals surface area contributed by atoms with Crippen molar-refractivity contribution in [3.05, 3.63) is 28.0 Å². The number of sulfonamides is 1. The van der Waals surface area contributed by atoms with E-state index in [-0.39, 0.29) is 15.9 Å². The number of aliphatic hydroxyl groups is 1. The van der Waals surface area contributed by atoms with Gasteiger partial charge in [-0.1, -0.05) is 0 Å². The molecule has 0 aromatic heterocycles. The van der Waals surface area contributed by atoms with Gasteiger partial charge in [0.2, 0.25) is 10.0 Å². The van der Waals surface area contributed by atoms with Crippen LogP contribution in [0.25, 0.3) is 0 Å². The molecule has 0 aliphatic rings. The fraction of sp³-hybridized carbons (Fsp3) is 0.455. The fourth-order valence-electron chi connectivity index (χ4n) is 1.27. The second kappa shape index (κ2) is 5.24. The Kier molecular flexibility index (Phi) is 4.53. The Morgan fingerprint density at radius 1 is 1.44 bits per heavy atom. The zero-order valence-electron chi connectivity index (χ0n) is 10.3. The number of benzene rings is 1. The van der Waals surface area contributed by atoms with Gasteiger partial charge in [-0.15, -0.1) is 0 Å². The van der Waals surface area contributed by atoms with Gasteiger partial charge < -0.3 is 5.11 Å². The van der Waals surface area contributed by atoms with Gasteiger partial charge in [-0.05, 0) is 54.4 Å². The molecule has 0 spiro atoms. The molecule has 0 unspecified atom stereocenters. The summed E-state index contributed by atoms with van der Waals surface area (Å²) in [5.41, 5.74) is -0.850. The predicted octanol–water partition coefficient (Wildman–Crippen LogP) is 1.95. The first-order valence-corrected chi connectivity index (χ1v) is 7.48. The lowest BCUT2D eigenvalue weighted by Crippen LogP contribution is -2.38. The molecule has 0 heterocycles. The maximum absolute atomic E-state index is 13.2. The molecule has 0 fully saturated rings. The lowest BCUT2D eigenvalue weighted by molar-refractivity contribution is 0.0857. The van der Waals surface area contributed by atoms with Crippen molar-refractivity contribution in [3.8, 4) is 0 Å². The van der Waals surface area contributed by atoms with Crippen molar-refractivity contribution in [1.82, 2.24) is 4.72 Å². The molecule has 4 nitrogen and oxygen atoms in total. The van der Waals surface area contributed by atoms with E-state index in [1.165, 1.54) is 26.8 Å². The number of nitrogens with one attached hydrogen (secondary N) is 1. The van der Waals surface area contributed by atoms with Gasteiger partial charge in [0, 0.05) is 6.54 Å².